The van der Waals surface area contributed by atoms with Crippen molar-refractivity contribution in [1.29, 1.82) is 0 Å². The zero-order chi connectivity index (χ0) is 18.4. The van der Waals surface area contributed by atoms with Crippen molar-refractivity contribution in [3.05, 3.63) is 53.6 Å². The van der Waals surface area contributed by atoms with E-state index >= 15 is 0 Å². The lowest BCUT2D eigenvalue weighted by Crippen LogP contribution is -2.36. The number of ether oxygens (including phenoxy) is 2. The van der Waals surface area contributed by atoms with Crippen LogP contribution in [-0.4, -0.2) is 39.3 Å². The number of benzene rings is 2. The second-order valence-electron chi connectivity index (χ2n) is 6.52. The molecule has 1 fully saturated rings. The first kappa shape index (κ1) is 18.3. The number of carbonyl (C=O) groups excluding carboxylic acids is 1. The summed E-state index contributed by atoms with van der Waals surface area (Å²) < 4.78 is 10.7. The van der Waals surface area contributed by atoms with Crippen LogP contribution in [0.1, 0.15) is 17.5 Å². The maximum absolute atomic E-state index is 12.3. The normalized spacial score (nSPS) is 14.2. The topological polar surface area (TPSA) is 50.8 Å². The SMILES string of the molecule is COc1ccc(C)cc1NC(=O)CCc1ccc(N2CCOCC2)cc1. The van der Waals surface area contributed by atoms with Crippen molar-refractivity contribution in [3.8, 4) is 5.75 Å². The summed E-state index contributed by atoms with van der Waals surface area (Å²) in [4.78, 5) is 14.6. The third-order valence-corrected chi connectivity index (χ3v) is 4.58. The molecule has 1 amide bonds. The molecule has 1 aliphatic rings. The summed E-state index contributed by atoms with van der Waals surface area (Å²) in [6, 6.07) is 14.2. The first-order valence-corrected chi connectivity index (χ1v) is 9.02. The number of carbonyl (C=O) groups is 1. The number of nitrogens with zero attached hydrogens (tertiary/aromatic N) is 1. The summed E-state index contributed by atoms with van der Waals surface area (Å²) in [7, 11) is 1.61. The lowest BCUT2D eigenvalue weighted by molar-refractivity contribution is -0.116. The van der Waals surface area contributed by atoms with Crippen LogP contribution in [0.5, 0.6) is 5.75 Å². The molecule has 138 valence electrons. The molecule has 1 saturated heterocycles. The summed E-state index contributed by atoms with van der Waals surface area (Å²) in [5.41, 5.74) is 4.18. The van der Waals surface area contributed by atoms with Crippen molar-refractivity contribution in [2.24, 2.45) is 0 Å². The maximum atomic E-state index is 12.3. The number of amides is 1. The molecule has 5 nitrogen and oxygen atoms in total. The van der Waals surface area contributed by atoms with Crippen LogP contribution in [0.15, 0.2) is 42.5 Å². The Morgan fingerprint density at radius 2 is 1.88 bits per heavy atom. The van der Waals surface area contributed by atoms with E-state index in [0.717, 1.165) is 43.1 Å². The van der Waals surface area contributed by atoms with E-state index in [0.29, 0.717) is 18.6 Å². The summed E-state index contributed by atoms with van der Waals surface area (Å²) in [5.74, 6) is 0.671. The Bertz CT molecular complexity index is 737. The molecule has 0 bridgehead atoms. The molecule has 0 atom stereocenters. The van der Waals surface area contributed by atoms with Crippen LogP contribution >= 0.6 is 0 Å². The van der Waals surface area contributed by atoms with Gasteiger partial charge >= 0.3 is 0 Å². The highest BCUT2D eigenvalue weighted by molar-refractivity contribution is 5.92. The molecule has 0 aliphatic carbocycles. The number of hydrogen-bond acceptors (Lipinski definition) is 4. The van der Waals surface area contributed by atoms with Crippen molar-refractivity contribution >= 4 is 17.3 Å². The average Bonchev–Trinajstić information content (AvgIpc) is 2.68. The number of nitrogens with one attached hydrogen (secondary N) is 1. The van der Waals surface area contributed by atoms with Gasteiger partial charge in [-0.3, -0.25) is 4.79 Å². The second kappa shape index (κ2) is 8.72. The van der Waals surface area contributed by atoms with Gasteiger partial charge in [-0.2, -0.15) is 0 Å². The van der Waals surface area contributed by atoms with Gasteiger partial charge in [0.2, 0.25) is 5.91 Å². The van der Waals surface area contributed by atoms with Crippen molar-refractivity contribution in [3.63, 3.8) is 0 Å². The number of rotatable bonds is 6. The Balaban J connectivity index is 1.53. The predicted molar refractivity (Wildman–Crippen MR) is 104 cm³/mol. The number of methoxy groups -OCH3 is 1. The van der Waals surface area contributed by atoms with Gasteiger partial charge in [-0.1, -0.05) is 18.2 Å². The van der Waals surface area contributed by atoms with Crippen molar-refractivity contribution in [2.75, 3.05) is 43.6 Å². The molecule has 0 saturated carbocycles. The highest BCUT2D eigenvalue weighted by atomic mass is 16.5. The van der Waals surface area contributed by atoms with Crippen molar-refractivity contribution in [2.45, 2.75) is 19.8 Å². The maximum Gasteiger partial charge on any atom is 0.224 e. The number of hydrogen-bond donors (Lipinski definition) is 1. The molecule has 3 rings (SSSR count). The van der Waals surface area contributed by atoms with E-state index < -0.39 is 0 Å². The number of anilines is 2. The minimum atomic E-state index is -0.00819. The van der Waals surface area contributed by atoms with Gasteiger partial charge < -0.3 is 19.7 Å². The molecule has 2 aromatic rings. The Hall–Kier alpha value is -2.53. The van der Waals surface area contributed by atoms with Gasteiger partial charge in [-0.05, 0) is 48.7 Å². The molecule has 0 aromatic heterocycles. The molecule has 0 radical (unpaired) electrons. The van der Waals surface area contributed by atoms with E-state index in [1.165, 1.54) is 5.69 Å². The summed E-state index contributed by atoms with van der Waals surface area (Å²) in [6.07, 6.45) is 1.15. The van der Waals surface area contributed by atoms with Crippen LogP contribution < -0.4 is 15.0 Å². The standard InChI is InChI=1S/C21H26N2O3/c1-16-3-9-20(25-2)19(15-16)22-21(24)10-6-17-4-7-18(8-5-17)23-11-13-26-14-12-23/h3-5,7-9,15H,6,10-14H2,1-2H3,(H,22,24). The number of aryl methyl sites for hydroxylation is 2. The van der Waals surface area contributed by atoms with Crippen molar-refractivity contribution in [1.82, 2.24) is 0 Å². The van der Waals surface area contributed by atoms with Gasteiger partial charge in [-0.15, -0.1) is 0 Å². The van der Waals surface area contributed by atoms with E-state index in [2.05, 4.69) is 34.5 Å². The van der Waals surface area contributed by atoms with E-state index in [1.807, 2.05) is 25.1 Å². The number of morpholine rings is 1. The quantitative estimate of drug-likeness (QED) is 0.864. The molecule has 0 spiro atoms. The third kappa shape index (κ3) is 4.76. The molecular formula is C21H26N2O3. The molecule has 1 heterocycles. The highest BCUT2D eigenvalue weighted by Crippen LogP contribution is 2.25. The molecule has 1 aliphatic heterocycles. The first-order chi connectivity index (χ1) is 12.7. The molecule has 2 aromatic carbocycles. The first-order valence-electron chi connectivity index (χ1n) is 9.02. The predicted octanol–water partition coefficient (Wildman–Crippen LogP) is 3.41. The lowest BCUT2D eigenvalue weighted by Gasteiger charge is -2.28. The molecule has 1 N–H and O–H groups in total. The smallest absolute Gasteiger partial charge is 0.224 e. The van der Waals surface area contributed by atoms with Crippen LogP contribution in [0.25, 0.3) is 0 Å². The zero-order valence-electron chi connectivity index (χ0n) is 15.5. The fourth-order valence-electron chi connectivity index (χ4n) is 3.09. The van der Waals surface area contributed by atoms with Crippen LogP contribution in [0.4, 0.5) is 11.4 Å². The van der Waals surface area contributed by atoms with Gasteiger partial charge in [0.1, 0.15) is 5.75 Å². The van der Waals surface area contributed by atoms with Gasteiger partial charge in [0.05, 0.1) is 26.0 Å². The largest absolute Gasteiger partial charge is 0.495 e. The van der Waals surface area contributed by atoms with Gasteiger partial charge in [0.15, 0.2) is 0 Å². The van der Waals surface area contributed by atoms with Crippen LogP contribution in [0.3, 0.4) is 0 Å². The third-order valence-electron chi connectivity index (χ3n) is 4.58. The Labute approximate surface area is 154 Å². The average molecular weight is 354 g/mol. The minimum absolute atomic E-state index is 0.00819. The Kier molecular flexibility index (Phi) is 6.12. The van der Waals surface area contributed by atoms with E-state index in [-0.39, 0.29) is 5.91 Å². The van der Waals surface area contributed by atoms with Gasteiger partial charge in [-0.25, -0.2) is 0 Å². The fraction of sp³-hybridized carbons (Fsp3) is 0.381. The van der Waals surface area contributed by atoms with E-state index in [4.69, 9.17) is 9.47 Å². The highest BCUT2D eigenvalue weighted by Gasteiger charge is 2.11. The molecule has 5 heteroatoms. The van der Waals surface area contributed by atoms with Crippen molar-refractivity contribution < 1.29 is 14.3 Å². The second-order valence-corrected chi connectivity index (χ2v) is 6.52. The summed E-state index contributed by atoms with van der Waals surface area (Å²) in [5, 5.41) is 2.95. The molecule has 26 heavy (non-hydrogen) atoms. The Morgan fingerprint density at radius 3 is 2.58 bits per heavy atom. The van der Waals surface area contributed by atoms with Crippen LogP contribution in [0, 0.1) is 6.92 Å². The van der Waals surface area contributed by atoms with Crippen LogP contribution in [0.2, 0.25) is 0 Å². The Morgan fingerprint density at radius 1 is 1.15 bits per heavy atom. The summed E-state index contributed by atoms with van der Waals surface area (Å²) in [6.45, 7) is 5.42. The molecular weight excluding hydrogens is 328 g/mol. The van der Waals surface area contributed by atoms with E-state index in [1.54, 1.807) is 7.11 Å². The zero-order valence-corrected chi connectivity index (χ0v) is 15.5. The van der Waals surface area contributed by atoms with Gasteiger partial charge in [0.25, 0.3) is 0 Å². The monoisotopic (exact) mass is 354 g/mol. The fourth-order valence-corrected chi connectivity index (χ4v) is 3.09. The summed E-state index contributed by atoms with van der Waals surface area (Å²) >= 11 is 0. The van der Waals surface area contributed by atoms with E-state index in [9.17, 15) is 4.79 Å². The van der Waals surface area contributed by atoms with Gasteiger partial charge in [0, 0.05) is 25.2 Å². The lowest BCUT2D eigenvalue weighted by atomic mass is 10.1. The van der Waals surface area contributed by atoms with Crippen LogP contribution in [-0.2, 0) is 16.0 Å². The minimum Gasteiger partial charge on any atom is -0.495 e. The molecule has 0 unspecified atom stereocenters.